The van der Waals surface area contributed by atoms with Crippen molar-refractivity contribution in [3.63, 3.8) is 0 Å². The van der Waals surface area contributed by atoms with Crippen molar-refractivity contribution in [2.75, 3.05) is 0 Å². The van der Waals surface area contributed by atoms with E-state index in [2.05, 4.69) is 9.57 Å². The molecule has 0 radical (unpaired) electrons. The van der Waals surface area contributed by atoms with Crippen LogP contribution in [0.3, 0.4) is 0 Å². The Balaban J connectivity index is 2.97. The second-order valence-corrected chi connectivity index (χ2v) is 5.70. The molecular formula is C14H13F6NO4. The monoisotopic (exact) mass is 373 g/mol. The Kier molecular flexibility index (Phi) is 5.60. The van der Waals surface area contributed by atoms with Crippen LogP contribution in [0, 0.1) is 0 Å². The Hall–Kier alpha value is -2.46. The van der Waals surface area contributed by atoms with Crippen molar-refractivity contribution < 1.29 is 45.5 Å². The molecule has 25 heavy (non-hydrogen) atoms. The lowest BCUT2D eigenvalue weighted by Crippen LogP contribution is -2.46. The zero-order valence-corrected chi connectivity index (χ0v) is 13.2. The van der Waals surface area contributed by atoms with Crippen molar-refractivity contribution in [2.45, 2.75) is 38.8 Å². The summed E-state index contributed by atoms with van der Waals surface area (Å²) >= 11 is 0. The third-order valence-electron chi connectivity index (χ3n) is 2.41. The number of hydroxylamine groups is 2. The summed E-state index contributed by atoms with van der Waals surface area (Å²) < 4.78 is 80.2. The van der Waals surface area contributed by atoms with Crippen LogP contribution in [0.25, 0.3) is 0 Å². The third kappa shape index (κ3) is 6.16. The summed E-state index contributed by atoms with van der Waals surface area (Å²) in [6.07, 6.45) is -12.1. The van der Waals surface area contributed by atoms with Gasteiger partial charge in [0.2, 0.25) is 0 Å². The number of alkyl halides is 6. The van der Waals surface area contributed by atoms with E-state index < -0.39 is 46.3 Å². The first-order valence-electron chi connectivity index (χ1n) is 6.61. The molecule has 140 valence electrons. The Bertz CT molecular complexity index is 631. The van der Waals surface area contributed by atoms with E-state index >= 15 is 0 Å². The summed E-state index contributed by atoms with van der Waals surface area (Å²) in [4.78, 5) is 27.1. The molecule has 0 spiro atoms. The molecule has 0 unspecified atom stereocenters. The molecular weight excluding hydrogens is 360 g/mol. The molecule has 0 aromatic heterocycles. The van der Waals surface area contributed by atoms with Crippen LogP contribution >= 0.6 is 0 Å². The summed E-state index contributed by atoms with van der Waals surface area (Å²) in [5.74, 6) is -1.68. The van der Waals surface area contributed by atoms with Gasteiger partial charge < -0.3 is 9.57 Å². The highest BCUT2D eigenvalue weighted by atomic mass is 19.4. The Morgan fingerprint density at radius 1 is 0.920 bits per heavy atom. The van der Waals surface area contributed by atoms with Crippen molar-refractivity contribution in [3.8, 4) is 0 Å². The first kappa shape index (κ1) is 20.6. The van der Waals surface area contributed by atoms with E-state index in [4.69, 9.17) is 0 Å². The SMILES string of the molecule is CC(C)(C)OC(=O)N(OC(=O)c1ccc(C(F)(F)F)cc1)C(F)(F)F. The van der Waals surface area contributed by atoms with Crippen LogP contribution in [0.4, 0.5) is 31.1 Å². The van der Waals surface area contributed by atoms with Gasteiger partial charge in [0.15, 0.2) is 0 Å². The van der Waals surface area contributed by atoms with E-state index in [0.29, 0.717) is 24.3 Å². The fraction of sp³-hybridized carbons (Fsp3) is 0.429. The van der Waals surface area contributed by atoms with E-state index in [1.54, 1.807) is 0 Å². The molecule has 0 aliphatic heterocycles. The summed E-state index contributed by atoms with van der Waals surface area (Å²) in [5, 5.41) is -1.24. The average molecular weight is 373 g/mol. The van der Waals surface area contributed by atoms with Gasteiger partial charge in [-0.1, -0.05) is 0 Å². The highest BCUT2D eigenvalue weighted by Gasteiger charge is 2.47. The van der Waals surface area contributed by atoms with E-state index in [0.717, 1.165) is 0 Å². The Labute approximate surface area is 138 Å². The van der Waals surface area contributed by atoms with Crippen molar-refractivity contribution in [1.29, 1.82) is 0 Å². The molecule has 1 rings (SSSR count). The molecule has 0 aliphatic rings. The van der Waals surface area contributed by atoms with Gasteiger partial charge in [-0.2, -0.15) is 13.2 Å². The molecule has 0 fully saturated rings. The molecule has 0 aliphatic carbocycles. The predicted molar refractivity (Wildman–Crippen MR) is 71.0 cm³/mol. The average Bonchev–Trinajstić information content (AvgIpc) is 2.40. The van der Waals surface area contributed by atoms with Crippen molar-refractivity contribution >= 4 is 12.1 Å². The van der Waals surface area contributed by atoms with E-state index in [-0.39, 0.29) is 0 Å². The number of hydrogen-bond acceptors (Lipinski definition) is 4. The number of carbonyl (C=O) groups excluding carboxylic acids is 2. The van der Waals surface area contributed by atoms with Crippen LogP contribution in [0.1, 0.15) is 36.7 Å². The van der Waals surface area contributed by atoms with Gasteiger partial charge in [0.25, 0.3) is 0 Å². The molecule has 0 heterocycles. The normalized spacial score (nSPS) is 12.5. The van der Waals surface area contributed by atoms with Gasteiger partial charge in [0.05, 0.1) is 11.1 Å². The minimum atomic E-state index is -5.41. The Morgan fingerprint density at radius 3 is 1.76 bits per heavy atom. The quantitative estimate of drug-likeness (QED) is 0.412. The van der Waals surface area contributed by atoms with Crippen LogP contribution in [-0.4, -0.2) is 29.0 Å². The van der Waals surface area contributed by atoms with Crippen LogP contribution in [0.2, 0.25) is 0 Å². The van der Waals surface area contributed by atoms with Crippen LogP contribution in [-0.2, 0) is 15.8 Å². The summed E-state index contributed by atoms with van der Waals surface area (Å²) in [7, 11) is 0. The zero-order valence-electron chi connectivity index (χ0n) is 13.2. The third-order valence-corrected chi connectivity index (χ3v) is 2.41. The number of amides is 1. The first-order chi connectivity index (χ1) is 11.1. The van der Waals surface area contributed by atoms with Crippen molar-refractivity contribution in [2.24, 2.45) is 0 Å². The molecule has 0 bridgehead atoms. The lowest BCUT2D eigenvalue weighted by Gasteiger charge is -2.26. The van der Waals surface area contributed by atoms with Crippen LogP contribution < -0.4 is 0 Å². The fourth-order valence-electron chi connectivity index (χ4n) is 1.43. The maximum Gasteiger partial charge on any atom is 0.523 e. The highest BCUT2D eigenvalue weighted by Crippen LogP contribution is 2.30. The molecule has 0 saturated heterocycles. The molecule has 5 nitrogen and oxygen atoms in total. The lowest BCUT2D eigenvalue weighted by atomic mass is 10.1. The van der Waals surface area contributed by atoms with E-state index in [1.807, 2.05) is 0 Å². The number of benzene rings is 1. The molecule has 1 aromatic carbocycles. The van der Waals surface area contributed by atoms with Gasteiger partial charge in [-0.3, -0.25) is 0 Å². The summed E-state index contributed by atoms with van der Waals surface area (Å²) in [6.45, 7) is 3.87. The molecule has 0 saturated carbocycles. The number of hydrogen-bond donors (Lipinski definition) is 0. The molecule has 11 heteroatoms. The largest absolute Gasteiger partial charge is 0.523 e. The molecule has 0 N–H and O–H groups in total. The molecule has 0 atom stereocenters. The van der Waals surface area contributed by atoms with Crippen molar-refractivity contribution in [1.82, 2.24) is 5.06 Å². The minimum absolute atomic E-state index is 0.488. The number of nitrogens with zero attached hydrogens (tertiary/aromatic N) is 1. The maximum absolute atomic E-state index is 12.8. The van der Waals surface area contributed by atoms with Crippen LogP contribution in [0.5, 0.6) is 0 Å². The zero-order chi connectivity index (χ0) is 19.6. The van der Waals surface area contributed by atoms with Gasteiger partial charge in [-0.25, -0.2) is 9.59 Å². The second kappa shape index (κ2) is 6.81. The topological polar surface area (TPSA) is 55.8 Å². The number of halogens is 6. The molecule has 1 amide bonds. The smallest absolute Gasteiger partial charge is 0.441 e. The summed E-state index contributed by atoms with van der Waals surface area (Å²) in [6, 6.07) is 2.22. The van der Waals surface area contributed by atoms with Gasteiger partial charge in [0.1, 0.15) is 5.60 Å². The van der Waals surface area contributed by atoms with E-state index in [9.17, 15) is 35.9 Å². The number of ether oxygens (including phenoxy) is 1. The van der Waals surface area contributed by atoms with E-state index in [1.165, 1.54) is 20.8 Å². The van der Waals surface area contributed by atoms with Crippen LogP contribution in [0.15, 0.2) is 24.3 Å². The maximum atomic E-state index is 12.8. The second-order valence-electron chi connectivity index (χ2n) is 5.70. The summed E-state index contributed by atoms with van der Waals surface area (Å²) in [5.41, 5.74) is -3.03. The van der Waals surface area contributed by atoms with Gasteiger partial charge in [0, 0.05) is 0 Å². The highest BCUT2D eigenvalue weighted by molar-refractivity contribution is 5.90. The fourth-order valence-corrected chi connectivity index (χ4v) is 1.43. The first-order valence-corrected chi connectivity index (χ1v) is 6.61. The number of rotatable bonds is 1. The predicted octanol–water partition coefficient (Wildman–Crippen LogP) is 4.53. The lowest BCUT2D eigenvalue weighted by molar-refractivity contribution is -0.327. The standard InChI is InChI=1S/C14H13F6NO4/c1-12(2,3)24-11(23)21(14(18,19)20)25-10(22)8-4-6-9(7-5-8)13(15,16)17/h4-7H,1-3H3. The minimum Gasteiger partial charge on any atom is -0.441 e. The van der Waals surface area contributed by atoms with Gasteiger partial charge >= 0.3 is 24.5 Å². The number of carbonyl (C=O) groups is 2. The molecule has 1 aromatic rings. The van der Waals surface area contributed by atoms with Gasteiger partial charge in [-0.05, 0) is 50.1 Å². The Morgan fingerprint density at radius 2 is 1.40 bits per heavy atom. The van der Waals surface area contributed by atoms with Gasteiger partial charge in [-0.15, -0.1) is 13.2 Å². The van der Waals surface area contributed by atoms with Crippen molar-refractivity contribution in [3.05, 3.63) is 35.4 Å².